The number of halogens is 1. The molecule has 17 heavy (non-hydrogen) atoms. The van der Waals surface area contributed by atoms with E-state index in [1.807, 2.05) is 0 Å². The summed E-state index contributed by atoms with van der Waals surface area (Å²) < 4.78 is 0.714. The van der Waals surface area contributed by atoms with Crippen LogP contribution in [0.3, 0.4) is 0 Å². The number of nitrogens with zero attached hydrogens (tertiary/aromatic N) is 1. The van der Waals surface area contributed by atoms with Gasteiger partial charge in [-0.15, -0.1) is 11.3 Å². The summed E-state index contributed by atoms with van der Waals surface area (Å²) in [5, 5.41) is 18.7. The second-order valence-corrected chi connectivity index (χ2v) is 5.38. The first-order valence-electron chi connectivity index (χ1n) is 4.37. The number of hydrogen-bond acceptors (Lipinski definition) is 4. The number of carboxylic acids is 2. The van der Waals surface area contributed by atoms with Crippen LogP contribution in [0, 0.1) is 0 Å². The van der Waals surface area contributed by atoms with Crippen molar-refractivity contribution in [1.29, 1.82) is 0 Å². The number of hydrogen-bond donors (Lipinski definition) is 2. The first-order chi connectivity index (χ1) is 7.90. The zero-order chi connectivity index (χ0) is 13.0. The Balaban J connectivity index is 2.85. The molecule has 0 unspecified atom stereocenters. The highest BCUT2D eigenvalue weighted by atomic mass is 79.9. The number of carbonyl (C=O) groups excluding carboxylic acids is 1. The summed E-state index contributed by atoms with van der Waals surface area (Å²) in [7, 11) is 0. The monoisotopic (exact) mass is 321 g/mol. The molecule has 0 bridgehead atoms. The number of carbonyl (C=O) groups is 3. The third kappa shape index (κ3) is 4.16. The summed E-state index contributed by atoms with van der Waals surface area (Å²) in [4.78, 5) is 33.7. The maximum Gasteiger partial charge on any atom is 0.323 e. The summed E-state index contributed by atoms with van der Waals surface area (Å²) in [5.41, 5.74) is 0.268. The van der Waals surface area contributed by atoms with E-state index < -0.39 is 30.9 Å². The molecule has 0 saturated heterocycles. The van der Waals surface area contributed by atoms with Crippen molar-refractivity contribution >= 4 is 45.1 Å². The maximum atomic E-state index is 11.8. The first kappa shape index (κ1) is 13.7. The predicted octanol–water partition coefficient (Wildman–Crippen LogP) is 1.12. The first-order valence-corrected chi connectivity index (χ1v) is 6.04. The number of amides is 1. The molecule has 0 saturated carbocycles. The molecule has 0 aromatic carbocycles. The summed E-state index contributed by atoms with van der Waals surface area (Å²) >= 11 is 4.43. The predicted molar refractivity (Wildman–Crippen MR) is 63.2 cm³/mol. The summed E-state index contributed by atoms with van der Waals surface area (Å²) in [6.07, 6.45) is 0. The minimum absolute atomic E-state index is 0.268. The van der Waals surface area contributed by atoms with Crippen molar-refractivity contribution in [2.75, 3.05) is 13.1 Å². The Hall–Kier alpha value is -1.41. The van der Waals surface area contributed by atoms with Crippen molar-refractivity contribution in [3.63, 3.8) is 0 Å². The molecule has 0 spiro atoms. The van der Waals surface area contributed by atoms with E-state index in [4.69, 9.17) is 10.2 Å². The molecule has 8 heteroatoms. The Morgan fingerprint density at radius 3 is 2.12 bits per heavy atom. The molecule has 92 valence electrons. The van der Waals surface area contributed by atoms with E-state index in [9.17, 15) is 14.4 Å². The van der Waals surface area contributed by atoms with Crippen LogP contribution in [0.5, 0.6) is 0 Å². The van der Waals surface area contributed by atoms with E-state index in [0.29, 0.717) is 3.79 Å². The third-order valence-corrected chi connectivity index (χ3v) is 3.26. The highest BCUT2D eigenvalue weighted by Gasteiger charge is 2.21. The molecular formula is C9H8BrNO5S. The fourth-order valence-corrected chi connectivity index (χ4v) is 2.26. The van der Waals surface area contributed by atoms with E-state index >= 15 is 0 Å². The van der Waals surface area contributed by atoms with Gasteiger partial charge in [0.05, 0.1) is 9.35 Å². The molecule has 1 rings (SSSR count). The quantitative estimate of drug-likeness (QED) is 0.847. The van der Waals surface area contributed by atoms with Crippen LogP contribution in [-0.2, 0) is 9.59 Å². The maximum absolute atomic E-state index is 11.8. The van der Waals surface area contributed by atoms with Gasteiger partial charge in [0.1, 0.15) is 13.1 Å². The molecule has 0 aliphatic rings. The molecule has 0 fully saturated rings. The third-order valence-electron chi connectivity index (χ3n) is 1.75. The lowest BCUT2D eigenvalue weighted by atomic mass is 10.3. The Morgan fingerprint density at radius 1 is 1.24 bits per heavy atom. The Labute approximate surface area is 109 Å². The fraction of sp³-hybridized carbons (Fsp3) is 0.222. The second-order valence-electron chi connectivity index (χ2n) is 3.09. The van der Waals surface area contributed by atoms with Crippen LogP contribution < -0.4 is 0 Å². The lowest BCUT2D eigenvalue weighted by Gasteiger charge is -2.17. The van der Waals surface area contributed by atoms with Crippen molar-refractivity contribution in [2.45, 2.75) is 0 Å². The van der Waals surface area contributed by atoms with Gasteiger partial charge in [0, 0.05) is 5.38 Å². The highest BCUT2D eigenvalue weighted by molar-refractivity contribution is 9.11. The van der Waals surface area contributed by atoms with Crippen LogP contribution in [0.1, 0.15) is 10.4 Å². The lowest BCUT2D eigenvalue weighted by molar-refractivity contribution is -0.140. The standard InChI is InChI=1S/C9H8BrNO5S/c10-6-1-5(4-17-6)9(16)11(2-7(12)13)3-8(14)15/h1,4H,2-3H2,(H,12,13)(H,14,15). The zero-order valence-corrected chi connectivity index (χ0v) is 10.8. The van der Waals surface area contributed by atoms with E-state index in [0.717, 1.165) is 4.90 Å². The molecule has 1 aromatic rings. The molecule has 0 aliphatic carbocycles. The van der Waals surface area contributed by atoms with Gasteiger partial charge in [0.25, 0.3) is 5.91 Å². The van der Waals surface area contributed by atoms with Gasteiger partial charge in [-0.05, 0) is 22.0 Å². The second kappa shape index (κ2) is 5.78. The van der Waals surface area contributed by atoms with Gasteiger partial charge in [-0.25, -0.2) is 0 Å². The van der Waals surface area contributed by atoms with Crippen LogP contribution in [0.15, 0.2) is 15.2 Å². The largest absolute Gasteiger partial charge is 0.480 e. The molecule has 1 amide bonds. The molecule has 0 radical (unpaired) electrons. The van der Waals surface area contributed by atoms with E-state index in [1.54, 1.807) is 0 Å². The van der Waals surface area contributed by atoms with Crippen LogP contribution in [0.25, 0.3) is 0 Å². The minimum atomic E-state index is -1.26. The lowest BCUT2D eigenvalue weighted by Crippen LogP contribution is -2.39. The minimum Gasteiger partial charge on any atom is -0.480 e. The van der Waals surface area contributed by atoms with E-state index in [1.165, 1.54) is 22.8 Å². The van der Waals surface area contributed by atoms with Crippen molar-refractivity contribution < 1.29 is 24.6 Å². The van der Waals surface area contributed by atoms with Gasteiger partial charge in [-0.1, -0.05) is 0 Å². The summed E-state index contributed by atoms with van der Waals surface area (Å²) in [6.45, 7) is -1.28. The molecule has 6 nitrogen and oxygen atoms in total. The smallest absolute Gasteiger partial charge is 0.323 e. The number of carboxylic acid groups (broad SMARTS) is 2. The average molecular weight is 322 g/mol. The molecular weight excluding hydrogens is 314 g/mol. The molecule has 0 atom stereocenters. The van der Waals surface area contributed by atoms with Crippen LogP contribution in [0.4, 0.5) is 0 Å². The number of thiophene rings is 1. The summed E-state index contributed by atoms with van der Waals surface area (Å²) in [6, 6.07) is 1.52. The number of aliphatic carboxylic acids is 2. The van der Waals surface area contributed by atoms with Crippen molar-refractivity contribution in [3.8, 4) is 0 Å². The fourth-order valence-electron chi connectivity index (χ4n) is 1.13. The van der Waals surface area contributed by atoms with Gasteiger partial charge < -0.3 is 15.1 Å². The zero-order valence-electron chi connectivity index (χ0n) is 8.42. The molecule has 1 aromatic heterocycles. The summed E-state index contributed by atoms with van der Waals surface area (Å²) in [5.74, 6) is -3.13. The molecule has 2 N–H and O–H groups in total. The van der Waals surface area contributed by atoms with Gasteiger partial charge in [0.2, 0.25) is 0 Å². The topological polar surface area (TPSA) is 94.9 Å². The van der Waals surface area contributed by atoms with Crippen molar-refractivity contribution in [1.82, 2.24) is 4.90 Å². The normalized spacial score (nSPS) is 9.94. The van der Waals surface area contributed by atoms with E-state index in [-0.39, 0.29) is 5.56 Å². The van der Waals surface area contributed by atoms with Gasteiger partial charge in [-0.2, -0.15) is 0 Å². The SMILES string of the molecule is O=C(O)CN(CC(=O)O)C(=O)c1csc(Br)c1. The van der Waals surface area contributed by atoms with Gasteiger partial charge >= 0.3 is 11.9 Å². The van der Waals surface area contributed by atoms with Crippen LogP contribution in [-0.4, -0.2) is 46.0 Å². The Bertz CT molecular complexity index is 442. The van der Waals surface area contributed by atoms with Crippen LogP contribution in [0.2, 0.25) is 0 Å². The van der Waals surface area contributed by atoms with Gasteiger partial charge in [0.15, 0.2) is 0 Å². The van der Waals surface area contributed by atoms with E-state index in [2.05, 4.69) is 15.9 Å². The molecule has 0 aliphatic heterocycles. The van der Waals surface area contributed by atoms with Crippen molar-refractivity contribution in [3.05, 3.63) is 20.8 Å². The van der Waals surface area contributed by atoms with Crippen LogP contribution >= 0.6 is 27.3 Å². The van der Waals surface area contributed by atoms with Gasteiger partial charge in [-0.3, -0.25) is 14.4 Å². The molecule has 1 heterocycles. The van der Waals surface area contributed by atoms with Crippen molar-refractivity contribution in [2.24, 2.45) is 0 Å². The Kier molecular flexibility index (Phi) is 4.64. The highest BCUT2D eigenvalue weighted by Crippen LogP contribution is 2.21. The Morgan fingerprint density at radius 2 is 1.76 bits per heavy atom. The number of rotatable bonds is 5. The average Bonchev–Trinajstić information content (AvgIpc) is 2.61.